The first-order valence-corrected chi connectivity index (χ1v) is 14.0. The van der Waals surface area contributed by atoms with E-state index >= 15 is 4.57 Å². The van der Waals surface area contributed by atoms with Gasteiger partial charge in [-0.2, -0.15) is 9.88 Å². The van der Waals surface area contributed by atoms with Gasteiger partial charge in [-0.15, -0.1) is 0 Å². The molecule has 0 spiro atoms. The van der Waals surface area contributed by atoms with E-state index in [1.54, 1.807) is 4.78 Å². The van der Waals surface area contributed by atoms with E-state index in [1.165, 1.54) is 31.7 Å². The van der Waals surface area contributed by atoms with Crippen LogP contribution in [0.4, 0.5) is 17.1 Å². The van der Waals surface area contributed by atoms with Gasteiger partial charge in [0.25, 0.3) is 5.69 Å². The fourth-order valence-corrected chi connectivity index (χ4v) is 8.01. The topological polar surface area (TPSA) is 100 Å². The van der Waals surface area contributed by atoms with Crippen molar-refractivity contribution in [3.63, 3.8) is 0 Å². The number of non-ortho nitro benzene ring substituents is 1. The van der Waals surface area contributed by atoms with Crippen molar-refractivity contribution in [2.75, 3.05) is 30.1 Å². The number of hydrazone groups is 1. The molecule has 0 aromatic heterocycles. The van der Waals surface area contributed by atoms with Crippen molar-refractivity contribution in [3.8, 4) is 5.75 Å². The van der Waals surface area contributed by atoms with E-state index in [2.05, 4.69) is 23.8 Å². The van der Waals surface area contributed by atoms with Gasteiger partial charge >= 0.3 is 7.44 Å². The second-order valence-electron chi connectivity index (χ2n) is 10.4. The first-order valence-electron chi connectivity index (χ1n) is 12.3. The quantitative estimate of drug-likeness (QED) is 0.266. The third kappa shape index (κ3) is 4.37. The monoisotopic (exact) mass is 509 g/mol. The molecule has 1 saturated heterocycles. The lowest BCUT2D eigenvalue weighted by Gasteiger charge is -2.40. The second-order valence-corrected chi connectivity index (χ2v) is 12.6. The van der Waals surface area contributed by atoms with Gasteiger partial charge in [-0.3, -0.25) is 14.7 Å². The van der Waals surface area contributed by atoms with Gasteiger partial charge in [0, 0.05) is 30.9 Å². The highest BCUT2D eigenvalue weighted by atomic mass is 31.2. The van der Waals surface area contributed by atoms with E-state index < -0.39 is 12.4 Å². The molecule has 1 atom stereocenters. The van der Waals surface area contributed by atoms with E-state index in [1.807, 2.05) is 30.3 Å². The van der Waals surface area contributed by atoms with E-state index in [4.69, 9.17) is 9.84 Å². The van der Waals surface area contributed by atoms with E-state index in [0.717, 1.165) is 49.1 Å². The lowest BCUT2D eigenvalue weighted by atomic mass is 9.78. The fourth-order valence-electron chi connectivity index (χ4n) is 5.38. The number of nitrogens with zero attached hydrogens (tertiary/aromatic N) is 4. The lowest BCUT2D eigenvalue weighted by Crippen LogP contribution is -2.36. The number of para-hydroxylation sites is 1. The molecular weight excluding hydrogens is 477 g/mol. The number of likely N-dealkylation sites (tertiary alicyclic amines) is 1. The average Bonchev–Trinajstić information content (AvgIpc) is 3.15. The smallest absolute Gasteiger partial charge is 0.313 e. The Bertz CT molecular complexity index is 1280. The number of hydrogen-bond donors (Lipinski definition) is 1. The van der Waals surface area contributed by atoms with Crippen LogP contribution in [0.3, 0.4) is 0 Å². The molecule has 10 heteroatoms. The predicted molar refractivity (Wildman–Crippen MR) is 143 cm³/mol. The summed E-state index contributed by atoms with van der Waals surface area (Å²) in [5.74, 6) is 0.383. The summed E-state index contributed by atoms with van der Waals surface area (Å²) in [5, 5.41) is 20.4. The van der Waals surface area contributed by atoms with Crippen LogP contribution in [0.5, 0.6) is 5.75 Å². The molecule has 0 radical (unpaired) electrons. The first kappa shape index (κ1) is 24.4. The number of anilines is 2. The number of allylic oxidation sites excluding steroid dienone is 2. The van der Waals surface area contributed by atoms with Crippen LogP contribution >= 0.6 is 7.44 Å². The Hall–Kier alpha value is -3.32. The minimum absolute atomic E-state index is 0.0319. The third-order valence-corrected chi connectivity index (χ3v) is 9.54. The Balaban J connectivity index is 1.71. The Morgan fingerprint density at radius 2 is 1.81 bits per heavy atom. The molecule has 1 aliphatic carbocycles. The number of nitro groups is 1. The van der Waals surface area contributed by atoms with Gasteiger partial charge < -0.3 is 14.7 Å². The number of benzene rings is 2. The van der Waals surface area contributed by atoms with Gasteiger partial charge in [-0.05, 0) is 55.7 Å². The van der Waals surface area contributed by atoms with Gasteiger partial charge in [0.1, 0.15) is 5.75 Å². The second kappa shape index (κ2) is 9.28. The Kier molecular flexibility index (Phi) is 6.29. The molecule has 190 valence electrons. The molecule has 2 aliphatic heterocycles. The van der Waals surface area contributed by atoms with E-state index in [-0.39, 0.29) is 11.1 Å². The Morgan fingerprint density at radius 1 is 1.08 bits per heavy atom. The number of fused-ring (bicyclic) bond motifs is 1. The molecule has 36 heavy (non-hydrogen) atoms. The van der Waals surface area contributed by atoms with E-state index in [9.17, 15) is 10.1 Å². The molecule has 2 heterocycles. The molecule has 1 fully saturated rings. The van der Waals surface area contributed by atoms with Crippen LogP contribution in [0.1, 0.15) is 46.0 Å². The molecule has 1 N–H and O–H groups in total. The van der Waals surface area contributed by atoms with Crippen LogP contribution in [0.25, 0.3) is 0 Å². The van der Waals surface area contributed by atoms with Gasteiger partial charge in [-0.25, -0.2) is 0 Å². The molecule has 2 aromatic carbocycles. The highest BCUT2D eigenvalue weighted by molar-refractivity contribution is 7.73. The normalized spacial score (nSPS) is 23.2. The molecule has 0 unspecified atom stereocenters. The van der Waals surface area contributed by atoms with Gasteiger partial charge in [0.15, 0.2) is 0 Å². The fraction of sp³-hybridized carbons (Fsp3) is 0.423. The number of methoxy groups -OCH3 is 1. The summed E-state index contributed by atoms with van der Waals surface area (Å²) in [6.07, 6.45) is 4.88. The van der Waals surface area contributed by atoms with Crippen molar-refractivity contribution in [2.45, 2.75) is 46.0 Å². The highest BCUT2D eigenvalue weighted by Gasteiger charge is 2.51. The SMILES string of the molecule is COc1ccc([N+](=O)[O-])cc1N[P@@]1(=O)C2=C(N3CCCCC3)CC(C)(C)CC2=NN1c1ccccc1. The predicted octanol–water partition coefficient (Wildman–Crippen LogP) is 6.60. The average molecular weight is 510 g/mol. The van der Waals surface area contributed by atoms with Crippen LogP contribution in [0.15, 0.2) is 64.6 Å². The summed E-state index contributed by atoms with van der Waals surface area (Å²) in [6.45, 7) is 6.30. The first-order chi connectivity index (χ1) is 17.2. The summed E-state index contributed by atoms with van der Waals surface area (Å²) in [4.78, 5) is 13.4. The van der Waals surface area contributed by atoms with Crippen molar-refractivity contribution in [3.05, 3.63) is 69.7 Å². The van der Waals surface area contributed by atoms with Crippen LogP contribution < -0.4 is 14.6 Å². The van der Waals surface area contributed by atoms with Crippen molar-refractivity contribution in [2.24, 2.45) is 10.5 Å². The molecular formula is C26H32N5O4P. The lowest BCUT2D eigenvalue weighted by molar-refractivity contribution is -0.384. The number of rotatable bonds is 6. The zero-order valence-electron chi connectivity index (χ0n) is 20.9. The number of hydrogen-bond acceptors (Lipinski definition) is 6. The van der Waals surface area contributed by atoms with Gasteiger partial charge in [0.05, 0.1) is 34.4 Å². The number of nitrogens with one attached hydrogen (secondary N) is 1. The summed E-state index contributed by atoms with van der Waals surface area (Å²) >= 11 is 0. The molecule has 2 aromatic rings. The van der Waals surface area contributed by atoms with E-state index in [0.29, 0.717) is 23.5 Å². The summed E-state index contributed by atoms with van der Waals surface area (Å²) < 4.78 is 22.4. The zero-order valence-corrected chi connectivity index (χ0v) is 21.8. The number of nitro benzene ring substituents is 1. The highest BCUT2D eigenvalue weighted by Crippen LogP contribution is 2.67. The number of piperidine rings is 1. The molecule has 5 rings (SSSR count). The summed E-state index contributed by atoms with van der Waals surface area (Å²) in [6, 6.07) is 13.7. The Labute approximate surface area is 211 Å². The maximum Gasteiger partial charge on any atom is 0.313 e. The Morgan fingerprint density at radius 3 is 2.47 bits per heavy atom. The van der Waals surface area contributed by atoms with Gasteiger partial charge in [0.2, 0.25) is 0 Å². The largest absolute Gasteiger partial charge is 0.495 e. The molecule has 3 aliphatic rings. The van der Waals surface area contributed by atoms with Crippen LogP contribution in [-0.4, -0.2) is 35.7 Å². The van der Waals surface area contributed by atoms with Crippen molar-refractivity contribution < 1.29 is 14.2 Å². The van der Waals surface area contributed by atoms with Crippen LogP contribution in [0, 0.1) is 15.5 Å². The summed E-state index contributed by atoms with van der Waals surface area (Å²) in [5.41, 5.74) is 2.76. The van der Waals surface area contributed by atoms with Gasteiger partial charge in [-0.1, -0.05) is 32.0 Å². The molecule has 0 amide bonds. The van der Waals surface area contributed by atoms with Crippen LogP contribution in [-0.2, 0) is 4.57 Å². The van der Waals surface area contributed by atoms with Crippen molar-refractivity contribution in [1.82, 2.24) is 4.90 Å². The molecule has 0 saturated carbocycles. The maximum absolute atomic E-state index is 15.3. The van der Waals surface area contributed by atoms with Crippen LogP contribution in [0.2, 0.25) is 0 Å². The minimum atomic E-state index is -3.61. The molecule has 0 bridgehead atoms. The third-order valence-electron chi connectivity index (χ3n) is 7.01. The zero-order chi connectivity index (χ0) is 25.5. The number of ether oxygens (including phenoxy) is 1. The van der Waals surface area contributed by atoms with Crippen molar-refractivity contribution in [1.29, 1.82) is 0 Å². The minimum Gasteiger partial charge on any atom is -0.495 e. The summed E-state index contributed by atoms with van der Waals surface area (Å²) in [7, 11) is -2.11. The molecule has 9 nitrogen and oxygen atoms in total. The van der Waals surface area contributed by atoms with Crippen molar-refractivity contribution >= 4 is 30.2 Å². The standard InChI is InChI=1S/C26H32N5O4P/c1-26(2)17-22-25(23(18-26)29-14-8-5-9-15-29)36(34,30(27-22)19-10-6-4-7-11-19)28-21-16-20(31(32)33)12-13-24(21)35-3/h4,6-7,10-13,16H,5,8-9,14-15,17-18H2,1-3H3,(H,28,34)/t36-/m0/s1. The maximum atomic E-state index is 15.3.